The average Bonchev–Trinajstić information content (AvgIpc) is 2.98. The van der Waals surface area contributed by atoms with Crippen LogP contribution in [0.2, 0.25) is 0 Å². The van der Waals surface area contributed by atoms with Gasteiger partial charge in [-0.3, -0.25) is 4.79 Å². The molecule has 0 aromatic carbocycles. The van der Waals surface area contributed by atoms with Gasteiger partial charge in [0, 0.05) is 18.4 Å². The highest BCUT2D eigenvalue weighted by Crippen LogP contribution is 2.50. The molecule has 0 radical (unpaired) electrons. The number of carbonyl (C=O) groups is 1. The van der Waals surface area contributed by atoms with Gasteiger partial charge >= 0.3 is 0 Å². The van der Waals surface area contributed by atoms with Gasteiger partial charge in [0.1, 0.15) is 5.78 Å². The van der Waals surface area contributed by atoms with Crippen LogP contribution in [0.3, 0.4) is 0 Å². The van der Waals surface area contributed by atoms with Gasteiger partial charge in [0.25, 0.3) is 0 Å². The Bertz CT molecular complexity index is 280. The number of hydrogen-bond acceptors (Lipinski definition) is 2. The molecule has 2 heteroatoms. The highest BCUT2D eigenvalue weighted by atomic mass is 16.1. The van der Waals surface area contributed by atoms with E-state index in [2.05, 4.69) is 4.90 Å². The molecule has 98 valence electrons. The molecule has 1 heterocycles. The minimum Gasteiger partial charge on any atom is -0.303 e. The van der Waals surface area contributed by atoms with E-state index >= 15 is 0 Å². The highest BCUT2D eigenvalue weighted by molar-refractivity contribution is 5.84. The van der Waals surface area contributed by atoms with Crippen LogP contribution in [0.1, 0.15) is 59.3 Å². The summed E-state index contributed by atoms with van der Waals surface area (Å²) < 4.78 is 0. The molecular formula is C15H27NO. The summed E-state index contributed by atoms with van der Waals surface area (Å²) in [5.41, 5.74) is 0.208. The van der Waals surface area contributed by atoms with Crippen molar-refractivity contribution in [1.82, 2.24) is 4.90 Å². The van der Waals surface area contributed by atoms with Gasteiger partial charge in [-0.15, -0.1) is 0 Å². The number of carbonyl (C=O) groups excluding carboxylic acids is 1. The Morgan fingerprint density at radius 3 is 2.18 bits per heavy atom. The Labute approximate surface area is 106 Å². The second-order valence-corrected chi connectivity index (χ2v) is 7.19. The fraction of sp³-hybridized carbons (Fsp3) is 0.933. The van der Waals surface area contributed by atoms with Crippen molar-refractivity contribution >= 4 is 5.78 Å². The Balaban J connectivity index is 1.85. The molecule has 0 amide bonds. The van der Waals surface area contributed by atoms with E-state index in [1.165, 1.54) is 51.7 Å². The van der Waals surface area contributed by atoms with Crippen molar-refractivity contribution in [2.45, 2.75) is 59.3 Å². The summed E-state index contributed by atoms with van der Waals surface area (Å²) >= 11 is 0. The SMILES string of the molecule is CC(C)(C)C(=O)CC1(CN2CCCCC2)CC1. The van der Waals surface area contributed by atoms with Gasteiger partial charge in [-0.25, -0.2) is 0 Å². The predicted molar refractivity (Wildman–Crippen MR) is 71.0 cm³/mol. The second kappa shape index (κ2) is 4.72. The van der Waals surface area contributed by atoms with Crippen molar-refractivity contribution in [2.75, 3.05) is 19.6 Å². The lowest BCUT2D eigenvalue weighted by molar-refractivity contribution is -0.127. The van der Waals surface area contributed by atoms with Gasteiger partial charge in [0.2, 0.25) is 0 Å². The minimum atomic E-state index is -0.155. The zero-order valence-electron chi connectivity index (χ0n) is 11.7. The van der Waals surface area contributed by atoms with Gasteiger partial charge in [-0.05, 0) is 44.2 Å². The summed E-state index contributed by atoms with van der Waals surface area (Å²) in [4.78, 5) is 14.7. The molecule has 2 aliphatic rings. The van der Waals surface area contributed by atoms with Crippen LogP contribution < -0.4 is 0 Å². The first-order valence-electron chi connectivity index (χ1n) is 7.17. The average molecular weight is 237 g/mol. The summed E-state index contributed by atoms with van der Waals surface area (Å²) in [6.45, 7) is 9.83. The first-order chi connectivity index (χ1) is 7.91. The summed E-state index contributed by atoms with van der Waals surface area (Å²) in [6.07, 6.45) is 7.45. The van der Waals surface area contributed by atoms with Crippen molar-refractivity contribution < 1.29 is 4.79 Å². The van der Waals surface area contributed by atoms with Crippen molar-refractivity contribution in [3.05, 3.63) is 0 Å². The first kappa shape index (κ1) is 13.1. The lowest BCUT2D eigenvalue weighted by Gasteiger charge is -2.31. The molecule has 17 heavy (non-hydrogen) atoms. The summed E-state index contributed by atoms with van der Waals surface area (Å²) in [5.74, 6) is 0.451. The fourth-order valence-electron chi connectivity index (χ4n) is 2.77. The number of likely N-dealkylation sites (tertiary alicyclic amines) is 1. The molecule has 0 aromatic heterocycles. The second-order valence-electron chi connectivity index (χ2n) is 7.19. The largest absolute Gasteiger partial charge is 0.303 e. The van der Waals surface area contributed by atoms with E-state index in [-0.39, 0.29) is 5.41 Å². The molecule has 1 saturated carbocycles. The van der Waals surface area contributed by atoms with Crippen LogP contribution in [0.25, 0.3) is 0 Å². The molecular weight excluding hydrogens is 210 g/mol. The van der Waals surface area contributed by atoms with Crippen molar-refractivity contribution in [1.29, 1.82) is 0 Å². The maximum Gasteiger partial charge on any atom is 0.138 e. The number of Topliss-reactive ketones (excluding diaryl/α,β-unsaturated/α-hetero) is 1. The van der Waals surface area contributed by atoms with Crippen molar-refractivity contribution in [2.24, 2.45) is 10.8 Å². The van der Waals surface area contributed by atoms with Crippen LogP contribution in [0.4, 0.5) is 0 Å². The van der Waals surface area contributed by atoms with E-state index in [0.29, 0.717) is 11.2 Å². The molecule has 0 bridgehead atoms. The van der Waals surface area contributed by atoms with Crippen LogP contribution in [-0.2, 0) is 4.79 Å². The summed E-state index contributed by atoms with van der Waals surface area (Å²) in [6, 6.07) is 0. The number of nitrogens with zero attached hydrogens (tertiary/aromatic N) is 1. The van der Waals surface area contributed by atoms with Crippen LogP contribution in [0, 0.1) is 10.8 Å². The molecule has 0 atom stereocenters. The molecule has 2 nitrogen and oxygen atoms in total. The van der Waals surface area contributed by atoms with Gasteiger partial charge in [0.15, 0.2) is 0 Å². The topological polar surface area (TPSA) is 20.3 Å². The number of rotatable bonds is 4. The van der Waals surface area contributed by atoms with Crippen LogP contribution in [0.15, 0.2) is 0 Å². The van der Waals surface area contributed by atoms with E-state index in [0.717, 1.165) is 6.42 Å². The maximum atomic E-state index is 12.1. The molecule has 2 fully saturated rings. The molecule has 0 N–H and O–H groups in total. The third-order valence-electron chi connectivity index (χ3n) is 4.34. The molecule has 1 aliphatic heterocycles. The monoisotopic (exact) mass is 237 g/mol. The summed E-state index contributed by atoms with van der Waals surface area (Å²) in [5, 5.41) is 0. The van der Waals surface area contributed by atoms with E-state index < -0.39 is 0 Å². The Morgan fingerprint density at radius 1 is 1.12 bits per heavy atom. The molecule has 0 spiro atoms. The first-order valence-corrected chi connectivity index (χ1v) is 7.17. The van der Waals surface area contributed by atoms with E-state index in [9.17, 15) is 4.79 Å². The van der Waals surface area contributed by atoms with Gasteiger partial charge in [-0.2, -0.15) is 0 Å². The molecule has 2 rings (SSSR count). The molecule has 0 aromatic rings. The smallest absolute Gasteiger partial charge is 0.138 e. The van der Waals surface area contributed by atoms with E-state index in [1.54, 1.807) is 0 Å². The minimum absolute atomic E-state index is 0.155. The predicted octanol–water partition coefficient (Wildman–Crippen LogP) is 3.26. The maximum absolute atomic E-state index is 12.1. The van der Waals surface area contributed by atoms with E-state index in [4.69, 9.17) is 0 Å². The Hall–Kier alpha value is -0.370. The fourth-order valence-corrected chi connectivity index (χ4v) is 2.77. The van der Waals surface area contributed by atoms with Crippen LogP contribution >= 0.6 is 0 Å². The lowest BCUT2D eigenvalue weighted by Crippen LogP contribution is -2.36. The Kier molecular flexibility index (Phi) is 3.63. The number of piperidine rings is 1. The number of ketones is 1. The van der Waals surface area contributed by atoms with Gasteiger partial charge in [0.05, 0.1) is 0 Å². The quantitative estimate of drug-likeness (QED) is 0.748. The van der Waals surface area contributed by atoms with Crippen molar-refractivity contribution in [3.63, 3.8) is 0 Å². The van der Waals surface area contributed by atoms with Gasteiger partial charge < -0.3 is 4.90 Å². The lowest BCUT2D eigenvalue weighted by atomic mass is 9.83. The highest BCUT2D eigenvalue weighted by Gasteiger charge is 2.46. The standard InChI is InChI=1S/C15H27NO/c1-14(2,3)13(17)11-15(7-8-15)12-16-9-5-4-6-10-16/h4-12H2,1-3H3. The third kappa shape index (κ3) is 3.54. The van der Waals surface area contributed by atoms with Crippen molar-refractivity contribution in [3.8, 4) is 0 Å². The molecule has 1 saturated heterocycles. The molecule has 1 aliphatic carbocycles. The Morgan fingerprint density at radius 2 is 1.71 bits per heavy atom. The normalized spacial score (nSPS) is 24.6. The molecule has 0 unspecified atom stereocenters. The van der Waals surface area contributed by atoms with Gasteiger partial charge in [-0.1, -0.05) is 27.2 Å². The zero-order valence-corrected chi connectivity index (χ0v) is 11.7. The summed E-state index contributed by atoms with van der Waals surface area (Å²) in [7, 11) is 0. The third-order valence-corrected chi connectivity index (χ3v) is 4.34. The zero-order chi connectivity index (χ0) is 12.5. The van der Waals surface area contributed by atoms with E-state index in [1.807, 2.05) is 20.8 Å². The van der Waals surface area contributed by atoms with Crippen LogP contribution in [0.5, 0.6) is 0 Å². The van der Waals surface area contributed by atoms with Crippen LogP contribution in [-0.4, -0.2) is 30.3 Å². The number of hydrogen-bond donors (Lipinski definition) is 0.